The molecule has 0 aromatic carbocycles. The molecule has 134 valence electrons. The van der Waals surface area contributed by atoms with Gasteiger partial charge in [-0.15, -0.1) is 11.3 Å². The van der Waals surface area contributed by atoms with E-state index in [1.165, 1.54) is 16.9 Å². The molecule has 1 amide bonds. The molecule has 4 rings (SSSR count). The van der Waals surface area contributed by atoms with Crippen molar-refractivity contribution in [2.75, 3.05) is 13.1 Å². The van der Waals surface area contributed by atoms with Crippen molar-refractivity contribution in [3.8, 4) is 0 Å². The summed E-state index contributed by atoms with van der Waals surface area (Å²) in [6.45, 7) is 5.86. The number of nitrogens with one attached hydrogen (secondary N) is 2. The molecule has 0 saturated carbocycles. The Hall–Kier alpha value is -1.82. The van der Waals surface area contributed by atoms with Crippen LogP contribution in [0.15, 0.2) is 16.9 Å². The van der Waals surface area contributed by atoms with Crippen molar-refractivity contribution in [2.24, 2.45) is 5.92 Å². The highest BCUT2D eigenvalue weighted by Crippen LogP contribution is 2.35. The van der Waals surface area contributed by atoms with Crippen molar-refractivity contribution in [3.63, 3.8) is 0 Å². The quantitative estimate of drug-likeness (QED) is 0.865. The van der Waals surface area contributed by atoms with E-state index in [2.05, 4.69) is 30.1 Å². The standard InChI is InChI=1S/C19H25N3O2S/c1-12-4-5-14-13(8-12)9-15(25-14)18(24)22-7-3-6-19(2,11-22)16-10-17(23)21-20-16/h9-10,12H,3-8,11H2,1-2H3,(H2,20,21,23). The number of thiophene rings is 1. The second kappa shape index (κ2) is 6.16. The molecule has 0 radical (unpaired) electrons. The zero-order valence-electron chi connectivity index (χ0n) is 14.9. The van der Waals surface area contributed by atoms with Crippen LogP contribution in [0.3, 0.4) is 0 Å². The number of hydrogen-bond donors (Lipinski definition) is 2. The second-order valence-electron chi connectivity index (χ2n) is 7.97. The van der Waals surface area contributed by atoms with E-state index in [1.807, 2.05) is 4.90 Å². The van der Waals surface area contributed by atoms with Crippen molar-refractivity contribution in [3.05, 3.63) is 43.5 Å². The minimum Gasteiger partial charge on any atom is -0.337 e. The molecule has 2 aromatic heterocycles. The van der Waals surface area contributed by atoms with Gasteiger partial charge in [-0.1, -0.05) is 13.8 Å². The normalized spacial score (nSPS) is 26.5. The number of carbonyl (C=O) groups is 1. The van der Waals surface area contributed by atoms with Gasteiger partial charge in [0.25, 0.3) is 11.5 Å². The Bertz CT molecular complexity index is 849. The molecule has 2 aromatic rings. The van der Waals surface area contributed by atoms with Crippen LogP contribution in [-0.4, -0.2) is 34.1 Å². The topological polar surface area (TPSA) is 69.0 Å². The molecule has 2 atom stereocenters. The van der Waals surface area contributed by atoms with Gasteiger partial charge in [0.2, 0.25) is 0 Å². The Morgan fingerprint density at radius 1 is 1.36 bits per heavy atom. The molecule has 25 heavy (non-hydrogen) atoms. The molecule has 1 fully saturated rings. The predicted octanol–water partition coefficient (Wildman–Crippen LogP) is 3.08. The molecule has 2 aliphatic rings. The number of aromatic nitrogens is 2. The second-order valence-corrected chi connectivity index (χ2v) is 9.11. The van der Waals surface area contributed by atoms with E-state index in [4.69, 9.17) is 0 Å². The van der Waals surface area contributed by atoms with E-state index in [9.17, 15) is 9.59 Å². The molecule has 1 saturated heterocycles. The summed E-state index contributed by atoms with van der Waals surface area (Å²) in [6, 6.07) is 3.75. The monoisotopic (exact) mass is 359 g/mol. The average Bonchev–Trinajstić information content (AvgIpc) is 3.20. The van der Waals surface area contributed by atoms with Crippen LogP contribution in [0.5, 0.6) is 0 Å². The maximum Gasteiger partial charge on any atom is 0.264 e. The first-order valence-corrected chi connectivity index (χ1v) is 9.95. The van der Waals surface area contributed by atoms with Crippen LogP contribution in [0.1, 0.15) is 58.9 Å². The maximum absolute atomic E-state index is 13.1. The fourth-order valence-electron chi connectivity index (χ4n) is 4.26. The fourth-order valence-corrected chi connectivity index (χ4v) is 5.43. The number of aromatic amines is 2. The van der Waals surface area contributed by atoms with Crippen molar-refractivity contribution >= 4 is 17.2 Å². The van der Waals surface area contributed by atoms with Gasteiger partial charge in [-0.05, 0) is 49.7 Å². The lowest BCUT2D eigenvalue weighted by Crippen LogP contribution is -2.47. The van der Waals surface area contributed by atoms with Gasteiger partial charge < -0.3 is 10.00 Å². The molecule has 2 N–H and O–H groups in total. The van der Waals surface area contributed by atoms with Gasteiger partial charge in [0.1, 0.15) is 0 Å². The molecule has 5 nitrogen and oxygen atoms in total. The highest BCUT2D eigenvalue weighted by Gasteiger charge is 2.36. The Kier molecular flexibility index (Phi) is 4.10. The molecular weight excluding hydrogens is 334 g/mol. The first-order valence-electron chi connectivity index (χ1n) is 9.14. The number of carbonyl (C=O) groups excluding carboxylic acids is 1. The Labute approximate surface area is 151 Å². The lowest BCUT2D eigenvalue weighted by molar-refractivity contribution is 0.0652. The van der Waals surface area contributed by atoms with Crippen LogP contribution in [0.2, 0.25) is 0 Å². The zero-order valence-corrected chi connectivity index (χ0v) is 15.7. The Morgan fingerprint density at radius 2 is 2.20 bits per heavy atom. The third-order valence-corrected chi connectivity index (χ3v) is 6.99. The molecule has 2 unspecified atom stereocenters. The summed E-state index contributed by atoms with van der Waals surface area (Å²) in [6.07, 6.45) is 5.36. The maximum atomic E-state index is 13.1. The highest BCUT2D eigenvalue weighted by molar-refractivity contribution is 7.14. The lowest BCUT2D eigenvalue weighted by atomic mass is 9.79. The molecule has 0 spiro atoms. The summed E-state index contributed by atoms with van der Waals surface area (Å²) in [5, 5.41) is 5.61. The molecule has 1 aliphatic heterocycles. The third-order valence-electron chi connectivity index (χ3n) is 5.77. The van der Waals surface area contributed by atoms with Gasteiger partial charge in [-0.2, -0.15) is 0 Å². The number of aryl methyl sites for hydroxylation is 1. The Balaban J connectivity index is 1.55. The molecule has 3 heterocycles. The number of likely N-dealkylation sites (tertiary alicyclic amines) is 1. The van der Waals surface area contributed by atoms with Gasteiger partial charge in [-0.25, -0.2) is 0 Å². The largest absolute Gasteiger partial charge is 0.337 e. The number of nitrogens with zero attached hydrogens (tertiary/aromatic N) is 1. The van der Waals surface area contributed by atoms with E-state index in [0.29, 0.717) is 12.5 Å². The van der Waals surface area contributed by atoms with Crippen LogP contribution < -0.4 is 5.56 Å². The molecular formula is C19H25N3O2S. The number of hydrogen-bond acceptors (Lipinski definition) is 3. The minimum absolute atomic E-state index is 0.111. The van der Waals surface area contributed by atoms with Crippen LogP contribution in [0.4, 0.5) is 0 Å². The summed E-state index contributed by atoms with van der Waals surface area (Å²) < 4.78 is 0. The highest BCUT2D eigenvalue weighted by atomic mass is 32.1. The van der Waals surface area contributed by atoms with E-state index < -0.39 is 0 Å². The van der Waals surface area contributed by atoms with Crippen LogP contribution >= 0.6 is 11.3 Å². The van der Waals surface area contributed by atoms with E-state index in [0.717, 1.165) is 42.8 Å². The summed E-state index contributed by atoms with van der Waals surface area (Å²) >= 11 is 1.68. The number of fused-ring (bicyclic) bond motifs is 1. The smallest absolute Gasteiger partial charge is 0.264 e. The average molecular weight is 359 g/mol. The van der Waals surface area contributed by atoms with Crippen molar-refractivity contribution in [2.45, 2.75) is 51.4 Å². The predicted molar refractivity (Wildman–Crippen MR) is 99.4 cm³/mol. The Morgan fingerprint density at radius 3 is 2.96 bits per heavy atom. The zero-order chi connectivity index (χ0) is 17.6. The fraction of sp³-hybridized carbons (Fsp3) is 0.579. The van der Waals surface area contributed by atoms with Crippen LogP contribution in [0, 0.1) is 5.92 Å². The van der Waals surface area contributed by atoms with Gasteiger partial charge in [0.05, 0.1) is 4.88 Å². The van der Waals surface area contributed by atoms with Gasteiger partial charge in [0, 0.05) is 35.1 Å². The summed E-state index contributed by atoms with van der Waals surface area (Å²) in [7, 11) is 0. The minimum atomic E-state index is -0.196. The number of H-pyrrole nitrogens is 2. The lowest BCUT2D eigenvalue weighted by Gasteiger charge is -2.39. The van der Waals surface area contributed by atoms with Crippen molar-refractivity contribution < 1.29 is 4.79 Å². The molecule has 6 heteroatoms. The van der Waals surface area contributed by atoms with Crippen LogP contribution in [0.25, 0.3) is 0 Å². The molecule has 1 aliphatic carbocycles. The van der Waals surface area contributed by atoms with E-state index >= 15 is 0 Å². The summed E-state index contributed by atoms with van der Waals surface area (Å²) in [5.74, 6) is 0.865. The first-order chi connectivity index (χ1) is 11.9. The van der Waals surface area contributed by atoms with Gasteiger partial charge in [0.15, 0.2) is 0 Å². The van der Waals surface area contributed by atoms with Crippen LogP contribution in [-0.2, 0) is 18.3 Å². The van der Waals surface area contributed by atoms with Gasteiger partial charge in [-0.3, -0.25) is 14.7 Å². The van der Waals surface area contributed by atoms with E-state index in [1.54, 1.807) is 17.4 Å². The summed E-state index contributed by atoms with van der Waals surface area (Å²) in [5.41, 5.74) is 1.97. The number of amides is 1. The van der Waals surface area contributed by atoms with E-state index in [-0.39, 0.29) is 16.9 Å². The number of rotatable bonds is 2. The first kappa shape index (κ1) is 16.6. The number of piperidine rings is 1. The summed E-state index contributed by atoms with van der Waals surface area (Å²) in [4.78, 5) is 28.8. The van der Waals surface area contributed by atoms with Crippen molar-refractivity contribution in [1.82, 2.24) is 15.1 Å². The SMILES string of the molecule is CC1CCc2sc(C(=O)N3CCCC(C)(c4cc(=O)[nH][nH]4)C3)cc2C1. The van der Waals surface area contributed by atoms with Crippen molar-refractivity contribution in [1.29, 1.82) is 0 Å². The molecule has 0 bridgehead atoms. The third kappa shape index (κ3) is 3.08. The van der Waals surface area contributed by atoms with Gasteiger partial charge >= 0.3 is 0 Å².